The number of furan rings is 1. The first-order valence-corrected chi connectivity index (χ1v) is 5.83. The topological polar surface area (TPSA) is 76.7 Å². The van der Waals surface area contributed by atoms with Gasteiger partial charge in [0.1, 0.15) is 12.0 Å². The standard InChI is InChI=1S/C10H12O5S/c1-2-14-9(11)6-16-5-8-3-7(4-15-8)10(12)13/h3-4H,2,5-6H2,1H3,(H,12,13). The first-order valence-electron chi connectivity index (χ1n) is 4.67. The molecule has 1 heterocycles. The Morgan fingerprint density at radius 1 is 1.56 bits per heavy atom. The lowest BCUT2D eigenvalue weighted by Gasteiger charge is -1.99. The second-order valence-electron chi connectivity index (χ2n) is 2.90. The van der Waals surface area contributed by atoms with E-state index in [1.165, 1.54) is 24.1 Å². The number of aromatic carboxylic acids is 1. The van der Waals surface area contributed by atoms with Crippen molar-refractivity contribution in [3.05, 3.63) is 23.7 Å². The summed E-state index contributed by atoms with van der Waals surface area (Å²) in [6.45, 7) is 2.11. The zero-order valence-corrected chi connectivity index (χ0v) is 9.58. The van der Waals surface area contributed by atoms with Crippen LogP contribution >= 0.6 is 11.8 Å². The van der Waals surface area contributed by atoms with Crippen molar-refractivity contribution < 1.29 is 23.8 Å². The van der Waals surface area contributed by atoms with Gasteiger partial charge in [0.15, 0.2) is 0 Å². The Hall–Kier alpha value is -1.43. The van der Waals surface area contributed by atoms with Crippen molar-refractivity contribution in [2.75, 3.05) is 12.4 Å². The van der Waals surface area contributed by atoms with Crippen molar-refractivity contribution in [3.63, 3.8) is 0 Å². The zero-order valence-electron chi connectivity index (χ0n) is 8.76. The van der Waals surface area contributed by atoms with Crippen molar-refractivity contribution in [2.24, 2.45) is 0 Å². The van der Waals surface area contributed by atoms with Crippen LogP contribution in [0.1, 0.15) is 23.0 Å². The molecule has 16 heavy (non-hydrogen) atoms. The van der Waals surface area contributed by atoms with Gasteiger partial charge in [-0.3, -0.25) is 4.79 Å². The summed E-state index contributed by atoms with van der Waals surface area (Å²) in [4.78, 5) is 21.5. The van der Waals surface area contributed by atoms with Gasteiger partial charge in [-0.05, 0) is 13.0 Å². The monoisotopic (exact) mass is 244 g/mol. The van der Waals surface area contributed by atoms with Crippen molar-refractivity contribution >= 4 is 23.7 Å². The van der Waals surface area contributed by atoms with Crippen molar-refractivity contribution in [2.45, 2.75) is 12.7 Å². The minimum atomic E-state index is -1.02. The highest BCUT2D eigenvalue weighted by Crippen LogP contribution is 2.15. The maximum Gasteiger partial charge on any atom is 0.338 e. The maximum atomic E-state index is 11.0. The summed E-state index contributed by atoms with van der Waals surface area (Å²) < 4.78 is 9.75. The lowest BCUT2D eigenvalue weighted by atomic mass is 10.3. The first kappa shape index (κ1) is 12.6. The van der Waals surface area contributed by atoms with Crippen LogP contribution in [0.3, 0.4) is 0 Å². The van der Waals surface area contributed by atoms with E-state index < -0.39 is 5.97 Å². The molecule has 1 aromatic rings. The van der Waals surface area contributed by atoms with Crippen LogP contribution in [-0.4, -0.2) is 29.4 Å². The van der Waals surface area contributed by atoms with Crippen LogP contribution in [0.4, 0.5) is 0 Å². The van der Waals surface area contributed by atoms with Gasteiger partial charge in [0.25, 0.3) is 0 Å². The largest absolute Gasteiger partial charge is 0.478 e. The molecule has 0 atom stereocenters. The molecule has 1 rings (SSSR count). The third-order valence-corrected chi connectivity index (χ3v) is 2.60. The number of rotatable bonds is 6. The molecule has 0 amide bonds. The molecule has 0 unspecified atom stereocenters. The Morgan fingerprint density at radius 2 is 2.31 bits per heavy atom. The Balaban J connectivity index is 2.32. The van der Waals surface area contributed by atoms with Gasteiger partial charge in [-0.15, -0.1) is 11.8 Å². The van der Waals surface area contributed by atoms with Crippen LogP contribution in [0.5, 0.6) is 0 Å². The Bertz CT molecular complexity index is 371. The molecule has 0 aliphatic heterocycles. The summed E-state index contributed by atoms with van der Waals surface area (Å²) in [5.74, 6) is -0.0853. The van der Waals surface area contributed by atoms with Crippen molar-refractivity contribution in [1.29, 1.82) is 0 Å². The van der Waals surface area contributed by atoms with E-state index in [1.807, 2.05) is 0 Å². The number of hydrogen-bond donors (Lipinski definition) is 1. The minimum absolute atomic E-state index is 0.117. The SMILES string of the molecule is CCOC(=O)CSCc1cc(C(=O)O)co1. The van der Waals surface area contributed by atoms with Gasteiger partial charge in [-0.25, -0.2) is 4.79 Å². The maximum absolute atomic E-state index is 11.0. The molecular weight excluding hydrogens is 232 g/mol. The average molecular weight is 244 g/mol. The van der Waals surface area contributed by atoms with Gasteiger partial charge in [0.2, 0.25) is 0 Å². The summed E-state index contributed by atoms with van der Waals surface area (Å²) in [7, 11) is 0. The quantitative estimate of drug-likeness (QED) is 0.768. The lowest BCUT2D eigenvalue weighted by molar-refractivity contribution is -0.139. The smallest absolute Gasteiger partial charge is 0.338 e. The second-order valence-corrected chi connectivity index (χ2v) is 3.89. The number of esters is 1. The molecule has 5 nitrogen and oxygen atoms in total. The molecule has 0 saturated carbocycles. The third kappa shape index (κ3) is 3.98. The highest BCUT2D eigenvalue weighted by atomic mass is 32.2. The molecule has 1 aromatic heterocycles. The average Bonchev–Trinajstić information content (AvgIpc) is 2.67. The number of thioether (sulfide) groups is 1. The number of ether oxygens (including phenoxy) is 1. The van der Waals surface area contributed by atoms with E-state index in [4.69, 9.17) is 14.3 Å². The molecule has 0 radical (unpaired) electrons. The zero-order chi connectivity index (χ0) is 12.0. The van der Waals surface area contributed by atoms with Gasteiger partial charge in [-0.1, -0.05) is 0 Å². The second kappa shape index (κ2) is 6.22. The van der Waals surface area contributed by atoms with Crippen molar-refractivity contribution in [3.8, 4) is 0 Å². The van der Waals surface area contributed by atoms with E-state index >= 15 is 0 Å². The van der Waals surface area contributed by atoms with E-state index in [2.05, 4.69) is 0 Å². The van der Waals surface area contributed by atoms with Gasteiger partial charge < -0.3 is 14.3 Å². The summed E-state index contributed by atoms with van der Waals surface area (Å²) in [6, 6.07) is 1.44. The van der Waals surface area contributed by atoms with E-state index in [0.29, 0.717) is 18.1 Å². The summed E-state index contributed by atoms with van der Waals surface area (Å²) in [5, 5.41) is 8.64. The van der Waals surface area contributed by atoms with Gasteiger partial charge in [0, 0.05) is 0 Å². The Morgan fingerprint density at radius 3 is 2.88 bits per heavy atom. The predicted molar refractivity (Wildman–Crippen MR) is 58.5 cm³/mol. The highest BCUT2D eigenvalue weighted by molar-refractivity contribution is 7.99. The molecule has 0 fully saturated rings. The van der Waals surface area contributed by atoms with Gasteiger partial charge in [0.05, 0.1) is 23.7 Å². The number of carbonyl (C=O) groups excluding carboxylic acids is 1. The fourth-order valence-electron chi connectivity index (χ4n) is 1.01. The normalized spacial score (nSPS) is 10.1. The minimum Gasteiger partial charge on any atom is -0.478 e. The first-order chi connectivity index (χ1) is 7.63. The third-order valence-electron chi connectivity index (χ3n) is 1.67. The molecule has 1 N–H and O–H groups in total. The van der Waals surface area contributed by atoms with Crippen LogP contribution in [0.2, 0.25) is 0 Å². The van der Waals surface area contributed by atoms with E-state index in [1.54, 1.807) is 6.92 Å². The number of hydrogen-bond acceptors (Lipinski definition) is 5. The predicted octanol–water partition coefficient (Wildman–Crippen LogP) is 1.77. The molecule has 6 heteroatoms. The molecule has 0 saturated heterocycles. The number of carbonyl (C=O) groups is 2. The molecule has 88 valence electrons. The van der Waals surface area contributed by atoms with E-state index in [-0.39, 0.29) is 17.3 Å². The molecule has 0 aromatic carbocycles. The van der Waals surface area contributed by atoms with Crippen LogP contribution in [0.25, 0.3) is 0 Å². The van der Waals surface area contributed by atoms with Crippen molar-refractivity contribution in [1.82, 2.24) is 0 Å². The van der Waals surface area contributed by atoms with E-state index in [0.717, 1.165) is 0 Å². The number of carboxylic acid groups (broad SMARTS) is 1. The Kier molecular flexibility index (Phi) is 4.91. The van der Waals surface area contributed by atoms with Crippen LogP contribution in [0, 0.1) is 0 Å². The van der Waals surface area contributed by atoms with E-state index in [9.17, 15) is 9.59 Å². The fraction of sp³-hybridized carbons (Fsp3) is 0.400. The summed E-state index contributed by atoms with van der Waals surface area (Å²) >= 11 is 1.32. The number of carboxylic acids is 1. The molecule has 0 aliphatic rings. The highest BCUT2D eigenvalue weighted by Gasteiger charge is 2.09. The molecule has 0 aliphatic carbocycles. The van der Waals surface area contributed by atoms with Crippen LogP contribution < -0.4 is 0 Å². The molecular formula is C10H12O5S. The fourth-order valence-corrected chi connectivity index (χ4v) is 1.71. The van der Waals surface area contributed by atoms with Crippen LogP contribution in [-0.2, 0) is 15.3 Å². The molecule has 0 spiro atoms. The van der Waals surface area contributed by atoms with Gasteiger partial charge >= 0.3 is 11.9 Å². The Labute approximate surface area is 96.8 Å². The summed E-state index contributed by atoms with van der Waals surface area (Å²) in [5.41, 5.74) is 0.117. The lowest BCUT2D eigenvalue weighted by Crippen LogP contribution is -2.06. The van der Waals surface area contributed by atoms with Crippen LogP contribution in [0.15, 0.2) is 16.7 Å². The molecule has 0 bridgehead atoms. The van der Waals surface area contributed by atoms with Gasteiger partial charge in [-0.2, -0.15) is 0 Å². The summed E-state index contributed by atoms with van der Waals surface area (Å²) in [6.07, 6.45) is 1.18.